The summed E-state index contributed by atoms with van der Waals surface area (Å²) in [6.45, 7) is 7.91. The molecule has 2 saturated carbocycles. The van der Waals surface area contributed by atoms with Crippen LogP contribution in [-0.4, -0.2) is 35.8 Å². The van der Waals surface area contributed by atoms with Crippen LogP contribution < -0.4 is 4.74 Å². The van der Waals surface area contributed by atoms with Crippen LogP contribution in [0.25, 0.3) is 0 Å². The lowest BCUT2D eigenvalue weighted by atomic mass is 9.52. The van der Waals surface area contributed by atoms with Crippen molar-refractivity contribution in [2.45, 2.75) is 76.4 Å². The van der Waals surface area contributed by atoms with Gasteiger partial charge in [-0.25, -0.2) is 4.79 Å². The molecule has 0 aromatic heterocycles. The number of hydrogen-bond acceptors (Lipinski definition) is 6. The molecule has 0 N–H and O–H groups in total. The predicted octanol–water partition coefficient (Wildman–Crippen LogP) is 5.31. The normalized spacial score (nSPS) is 40.0. The van der Waals surface area contributed by atoms with Crippen molar-refractivity contribution in [2.24, 2.45) is 27.8 Å². The number of benzene rings is 1. The fourth-order valence-corrected chi connectivity index (χ4v) is 8.50. The summed E-state index contributed by atoms with van der Waals surface area (Å²) in [5.41, 5.74) is -0.876. The lowest BCUT2D eigenvalue weighted by Crippen LogP contribution is -2.54. The molecule has 1 aliphatic heterocycles. The van der Waals surface area contributed by atoms with Gasteiger partial charge >= 0.3 is 5.97 Å². The van der Waals surface area contributed by atoms with Crippen LogP contribution in [0.1, 0.15) is 65.4 Å². The molecule has 2 bridgehead atoms. The van der Waals surface area contributed by atoms with E-state index in [4.69, 9.17) is 14.3 Å². The molecule has 2 fully saturated rings. The molecule has 0 saturated heterocycles. The fraction of sp³-hybridized carbons (Fsp3) is 0.567. The molecule has 0 amide bonds. The molecule has 36 heavy (non-hydrogen) atoms. The van der Waals surface area contributed by atoms with Crippen molar-refractivity contribution < 1.29 is 23.9 Å². The quantitative estimate of drug-likeness (QED) is 0.425. The van der Waals surface area contributed by atoms with Gasteiger partial charge in [-0.2, -0.15) is 0 Å². The van der Waals surface area contributed by atoms with Gasteiger partial charge in [-0.1, -0.05) is 49.2 Å². The fourth-order valence-electron chi connectivity index (χ4n) is 8.50. The number of esters is 1. The smallest absolute Gasteiger partial charge is 0.356 e. The molecule has 0 radical (unpaired) electrons. The predicted molar refractivity (Wildman–Crippen MR) is 136 cm³/mol. The molecule has 6 heteroatoms. The van der Waals surface area contributed by atoms with Gasteiger partial charge in [0.25, 0.3) is 0 Å². The minimum Gasteiger partial charge on any atom is -0.497 e. The van der Waals surface area contributed by atoms with E-state index < -0.39 is 22.6 Å². The molecule has 6 atom stereocenters. The second kappa shape index (κ2) is 7.33. The topological polar surface area (TPSA) is 74.2 Å². The zero-order valence-corrected chi connectivity index (χ0v) is 21.8. The Kier molecular flexibility index (Phi) is 4.79. The Morgan fingerprint density at radius 3 is 2.50 bits per heavy atom. The number of methoxy groups -OCH3 is 1. The number of fused-ring (bicyclic) bond motifs is 3. The summed E-state index contributed by atoms with van der Waals surface area (Å²) in [6.07, 6.45) is 12.9. The van der Waals surface area contributed by atoms with Crippen LogP contribution in [0.15, 0.2) is 53.7 Å². The van der Waals surface area contributed by atoms with E-state index >= 15 is 0 Å². The highest BCUT2D eigenvalue weighted by molar-refractivity contribution is 6.37. The van der Waals surface area contributed by atoms with Crippen molar-refractivity contribution in [2.75, 3.05) is 7.11 Å². The number of hydrogen-bond donors (Lipinski definition) is 0. The van der Waals surface area contributed by atoms with Crippen LogP contribution in [0.4, 0.5) is 0 Å². The van der Waals surface area contributed by atoms with Crippen LogP contribution in [0, 0.1) is 22.7 Å². The van der Waals surface area contributed by atoms with E-state index in [1.165, 1.54) is 0 Å². The highest BCUT2D eigenvalue weighted by atomic mass is 16.7. The van der Waals surface area contributed by atoms with Gasteiger partial charge < -0.3 is 14.3 Å². The Hall–Kier alpha value is -2.89. The van der Waals surface area contributed by atoms with Crippen LogP contribution in [0.2, 0.25) is 0 Å². The van der Waals surface area contributed by atoms with E-state index in [2.05, 4.69) is 36.4 Å². The van der Waals surface area contributed by atoms with Crippen LogP contribution in [-0.2, 0) is 24.6 Å². The third kappa shape index (κ3) is 2.76. The second-order valence-electron chi connectivity index (χ2n) is 12.5. The molecule has 6 rings (SSSR count). The van der Waals surface area contributed by atoms with E-state index in [0.717, 1.165) is 37.0 Å². The molecule has 1 spiro atoms. The van der Waals surface area contributed by atoms with E-state index in [1.807, 2.05) is 39.0 Å². The molecule has 0 unspecified atom stereocenters. The van der Waals surface area contributed by atoms with Gasteiger partial charge in [-0.3, -0.25) is 4.79 Å². The summed E-state index contributed by atoms with van der Waals surface area (Å²) in [5.74, 6) is 0.0668. The standard InChI is InChI=1S/C30H35NO5/c1-26(2,3)35-25(33)21-18-29(36-31-21)15-12-22(32)23-24(29)28-14-7-6-13-27(28,4)30(23,17-16-28)19-8-10-20(34-5)11-9-19/h8-12,15-17,23-24H,6-7,13-14,18H2,1-5H3/t23-,24+,27+,28-,29-,30-/m0/s1. The van der Waals surface area contributed by atoms with Crippen LogP contribution >= 0.6 is 0 Å². The molecular weight excluding hydrogens is 454 g/mol. The Bertz CT molecular complexity index is 1220. The summed E-state index contributed by atoms with van der Waals surface area (Å²) in [6, 6.07) is 8.23. The van der Waals surface area contributed by atoms with E-state index in [0.29, 0.717) is 12.1 Å². The Labute approximate surface area is 212 Å². The van der Waals surface area contributed by atoms with E-state index in [1.54, 1.807) is 13.2 Å². The highest BCUT2D eigenvalue weighted by Gasteiger charge is 2.81. The maximum absolute atomic E-state index is 13.9. The number of carbonyl (C=O) groups is 2. The molecule has 6 nitrogen and oxygen atoms in total. The first-order chi connectivity index (χ1) is 17.0. The minimum atomic E-state index is -0.845. The number of ketones is 1. The third-order valence-electron chi connectivity index (χ3n) is 9.81. The van der Waals surface area contributed by atoms with Gasteiger partial charge in [0.05, 0.1) is 7.11 Å². The van der Waals surface area contributed by atoms with Gasteiger partial charge in [-0.05, 0) is 68.9 Å². The first-order valence-electron chi connectivity index (χ1n) is 13.1. The molecular formula is C30H35NO5. The molecule has 4 aliphatic carbocycles. The maximum atomic E-state index is 13.9. The van der Waals surface area contributed by atoms with Crippen LogP contribution in [0.3, 0.4) is 0 Å². The summed E-state index contributed by atoms with van der Waals surface area (Å²) >= 11 is 0. The SMILES string of the molecule is COc1ccc([C@]23C=C[C@@]4(CCCC[C@@]24C)[C@H]2[C@@H]3C(=O)C=C[C@]23CC(C(=O)OC(C)(C)C)=NO3)cc1. The van der Waals surface area contributed by atoms with Crippen molar-refractivity contribution in [1.29, 1.82) is 0 Å². The number of allylic oxidation sites excluding steroid dienone is 3. The zero-order chi connectivity index (χ0) is 25.6. The van der Waals surface area contributed by atoms with Crippen molar-refractivity contribution in [1.82, 2.24) is 0 Å². The van der Waals surface area contributed by atoms with Crippen molar-refractivity contribution in [3.05, 3.63) is 54.1 Å². The lowest BCUT2D eigenvalue weighted by molar-refractivity contribution is -0.146. The number of rotatable bonds is 3. The van der Waals surface area contributed by atoms with Gasteiger partial charge in [0, 0.05) is 29.1 Å². The number of ether oxygens (including phenoxy) is 2. The summed E-state index contributed by atoms with van der Waals surface area (Å²) in [4.78, 5) is 33.0. The summed E-state index contributed by atoms with van der Waals surface area (Å²) < 4.78 is 11.1. The molecule has 1 aromatic rings. The maximum Gasteiger partial charge on any atom is 0.356 e. The average molecular weight is 490 g/mol. The van der Waals surface area contributed by atoms with E-state index in [-0.39, 0.29) is 28.4 Å². The molecule has 5 aliphatic rings. The molecule has 1 aromatic carbocycles. The Morgan fingerprint density at radius 1 is 1.08 bits per heavy atom. The first-order valence-corrected chi connectivity index (χ1v) is 13.1. The van der Waals surface area contributed by atoms with Gasteiger partial charge in [0.2, 0.25) is 0 Å². The average Bonchev–Trinajstić information content (AvgIpc) is 3.45. The Balaban J connectivity index is 1.48. The molecule has 190 valence electrons. The summed E-state index contributed by atoms with van der Waals surface area (Å²) in [7, 11) is 1.67. The third-order valence-corrected chi connectivity index (χ3v) is 9.81. The number of oxime groups is 1. The van der Waals surface area contributed by atoms with Crippen molar-refractivity contribution in [3.8, 4) is 5.75 Å². The Morgan fingerprint density at radius 2 is 1.81 bits per heavy atom. The second-order valence-corrected chi connectivity index (χ2v) is 12.5. The minimum absolute atomic E-state index is 0.122. The largest absolute Gasteiger partial charge is 0.497 e. The lowest BCUT2D eigenvalue weighted by Gasteiger charge is -2.52. The monoisotopic (exact) mass is 489 g/mol. The van der Waals surface area contributed by atoms with Gasteiger partial charge in [0.1, 0.15) is 11.4 Å². The highest BCUT2D eigenvalue weighted by Crippen LogP contribution is 2.81. The van der Waals surface area contributed by atoms with Crippen molar-refractivity contribution in [3.63, 3.8) is 0 Å². The zero-order valence-electron chi connectivity index (χ0n) is 21.8. The van der Waals surface area contributed by atoms with Gasteiger partial charge in [0.15, 0.2) is 17.1 Å². The molecule has 1 heterocycles. The van der Waals surface area contributed by atoms with Crippen molar-refractivity contribution >= 4 is 17.5 Å². The number of nitrogens with zero attached hydrogens (tertiary/aromatic N) is 1. The number of carbonyl (C=O) groups excluding carboxylic acids is 2. The van der Waals surface area contributed by atoms with Gasteiger partial charge in [-0.15, -0.1) is 0 Å². The van der Waals surface area contributed by atoms with E-state index in [9.17, 15) is 9.59 Å². The van der Waals surface area contributed by atoms with Crippen LogP contribution in [0.5, 0.6) is 5.75 Å². The summed E-state index contributed by atoms with van der Waals surface area (Å²) in [5, 5.41) is 4.28. The first kappa shape index (κ1) is 23.5.